The zero-order valence-electron chi connectivity index (χ0n) is 9.22. The average Bonchev–Trinajstić information content (AvgIpc) is 2.41. The molecule has 0 atom stereocenters. The quantitative estimate of drug-likeness (QED) is 0.927. The zero-order valence-corrected chi connectivity index (χ0v) is 10.8. The lowest BCUT2D eigenvalue weighted by Gasteiger charge is -2.04. The van der Waals surface area contributed by atoms with Gasteiger partial charge in [0.05, 0.1) is 11.6 Å². The number of nitrogens with one attached hydrogen (secondary N) is 1. The van der Waals surface area contributed by atoms with Crippen LogP contribution in [0.3, 0.4) is 0 Å². The number of anilines is 1. The number of rotatable bonds is 2. The standard InChI is InChI=1S/C13H8BrN3O/c14-11-4-5-12(16-8-11)17-13(18)10-3-1-2-9(6-10)7-15/h1-6,8H,(H,16,17,18). The van der Waals surface area contributed by atoms with Gasteiger partial charge in [0.25, 0.3) is 5.91 Å². The summed E-state index contributed by atoms with van der Waals surface area (Å²) in [5.41, 5.74) is 0.880. The van der Waals surface area contributed by atoms with Crippen molar-refractivity contribution in [2.45, 2.75) is 0 Å². The van der Waals surface area contributed by atoms with Gasteiger partial charge in [-0.05, 0) is 46.3 Å². The van der Waals surface area contributed by atoms with Gasteiger partial charge >= 0.3 is 0 Å². The number of carbonyl (C=O) groups is 1. The van der Waals surface area contributed by atoms with E-state index in [2.05, 4.69) is 26.2 Å². The van der Waals surface area contributed by atoms with Crippen LogP contribution in [-0.2, 0) is 0 Å². The Hall–Kier alpha value is -2.19. The van der Waals surface area contributed by atoms with E-state index >= 15 is 0 Å². The lowest BCUT2D eigenvalue weighted by Crippen LogP contribution is -2.12. The first-order valence-electron chi connectivity index (χ1n) is 5.12. The number of aromatic nitrogens is 1. The molecule has 1 N–H and O–H groups in total. The highest BCUT2D eigenvalue weighted by molar-refractivity contribution is 9.10. The molecule has 0 unspecified atom stereocenters. The first-order valence-corrected chi connectivity index (χ1v) is 5.91. The summed E-state index contributed by atoms with van der Waals surface area (Å²) >= 11 is 3.26. The fourth-order valence-electron chi connectivity index (χ4n) is 1.37. The lowest BCUT2D eigenvalue weighted by atomic mass is 10.1. The number of hydrogen-bond acceptors (Lipinski definition) is 3. The van der Waals surface area contributed by atoms with Crippen molar-refractivity contribution in [1.29, 1.82) is 5.26 Å². The predicted molar refractivity (Wildman–Crippen MR) is 71.0 cm³/mol. The van der Waals surface area contributed by atoms with E-state index in [1.54, 1.807) is 36.5 Å². The topological polar surface area (TPSA) is 65.8 Å². The predicted octanol–water partition coefficient (Wildman–Crippen LogP) is 2.97. The van der Waals surface area contributed by atoms with Gasteiger partial charge in [-0.25, -0.2) is 4.98 Å². The SMILES string of the molecule is N#Cc1cccc(C(=O)Nc2ccc(Br)cn2)c1. The van der Waals surface area contributed by atoms with Crippen LogP contribution in [0.4, 0.5) is 5.82 Å². The second kappa shape index (κ2) is 5.43. The monoisotopic (exact) mass is 301 g/mol. The number of benzene rings is 1. The van der Waals surface area contributed by atoms with Crippen molar-refractivity contribution in [3.63, 3.8) is 0 Å². The molecule has 5 heteroatoms. The Labute approximate surface area is 112 Å². The van der Waals surface area contributed by atoms with Gasteiger partial charge in [-0.15, -0.1) is 0 Å². The van der Waals surface area contributed by atoms with Gasteiger partial charge in [0.2, 0.25) is 0 Å². The second-order valence-electron chi connectivity index (χ2n) is 3.51. The first kappa shape index (κ1) is 12.3. The first-order chi connectivity index (χ1) is 8.69. The molecule has 0 spiro atoms. The van der Waals surface area contributed by atoms with E-state index in [-0.39, 0.29) is 5.91 Å². The van der Waals surface area contributed by atoms with E-state index in [9.17, 15) is 4.79 Å². The van der Waals surface area contributed by atoms with Crippen LogP contribution in [-0.4, -0.2) is 10.9 Å². The van der Waals surface area contributed by atoms with Crippen LogP contribution in [0, 0.1) is 11.3 Å². The third kappa shape index (κ3) is 2.93. The number of carbonyl (C=O) groups excluding carboxylic acids is 1. The van der Waals surface area contributed by atoms with Crippen LogP contribution < -0.4 is 5.32 Å². The maximum absolute atomic E-state index is 11.9. The molecule has 0 saturated heterocycles. The van der Waals surface area contributed by atoms with Crippen LogP contribution in [0.2, 0.25) is 0 Å². The smallest absolute Gasteiger partial charge is 0.256 e. The van der Waals surface area contributed by atoms with Crippen LogP contribution >= 0.6 is 15.9 Å². The Balaban J connectivity index is 2.17. The zero-order chi connectivity index (χ0) is 13.0. The molecule has 88 valence electrons. The molecule has 1 amide bonds. The molecule has 18 heavy (non-hydrogen) atoms. The number of nitrogens with zero attached hydrogens (tertiary/aromatic N) is 2. The Morgan fingerprint density at radius 1 is 1.33 bits per heavy atom. The second-order valence-corrected chi connectivity index (χ2v) is 4.42. The summed E-state index contributed by atoms with van der Waals surface area (Å²) in [6.45, 7) is 0. The van der Waals surface area contributed by atoms with Crippen LogP contribution in [0.15, 0.2) is 47.1 Å². The van der Waals surface area contributed by atoms with Gasteiger partial charge < -0.3 is 5.32 Å². The third-order valence-electron chi connectivity index (χ3n) is 2.22. The van der Waals surface area contributed by atoms with Crippen molar-refractivity contribution in [2.24, 2.45) is 0 Å². The van der Waals surface area contributed by atoms with Crippen molar-refractivity contribution in [2.75, 3.05) is 5.32 Å². The van der Waals surface area contributed by atoms with E-state index in [4.69, 9.17) is 5.26 Å². The summed E-state index contributed by atoms with van der Waals surface area (Å²) in [4.78, 5) is 15.9. The molecule has 0 aliphatic carbocycles. The Morgan fingerprint density at radius 2 is 2.17 bits per heavy atom. The van der Waals surface area contributed by atoms with Crippen LogP contribution in [0.5, 0.6) is 0 Å². The molecule has 0 aliphatic rings. The number of hydrogen-bond donors (Lipinski definition) is 1. The average molecular weight is 302 g/mol. The van der Waals surface area contributed by atoms with Crippen molar-refractivity contribution < 1.29 is 4.79 Å². The molecule has 4 nitrogen and oxygen atoms in total. The van der Waals surface area contributed by atoms with E-state index in [1.165, 1.54) is 6.07 Å². The van der Waals surface area contributed by atoms with Crippen molar-refractivity contribution in [3.05, 3.63) is 58.2 Å². The molecule has 0 saturated carbocycles. The highest BCUT2D eigenvalue weighted by Gasteiger charge is 2.07. The van der Waals surface area contributed by atoms with Crippen molar-refractivity contribution in [1.82, 2.24) is 4.98 Å². The molecular formula is C13H8BrN3O. The van der Waals surface area contributed by atoms with Crippen molar-refractivity contribution >= 4 is 27.7 Å². The number of nitriles is 1. The summed E-state index contributed by atoms with van der Waals surface area (Å²) in [6.07, 6.45) is 1.60. The minimum Gasteiger partial charge on any atom is -0.307 e. The molecule has 0 fully saturated rings. The van der Waals surface area contributed by atoms with E-state index in [0.717, 1.165) is 4.47 Å². The summed E-state index contributed by atoms with van der Waals surface area (Å²) < 4.78 is 0.840. The van der Waals surface area contributed by atoms with Gasteiger partial charge in [0, 0.05) is 16.2 Å². The lowest BCUT2D eigenvalue weighted by molar-refractivity contribution is 0.102. The molecule has 2 rings (SSSR count). The number of amides is 1. The maximum Gasteiger partial charge on any atom is 0.256 e. The Kier molecular flexibility index (Phi) is 3.70. The maximum atomic E-state index is 11.9. The summed E-state index contributed by atoms with van der Waals surface area (Å²) in [7, 11) is 0. The minimum absolute atomic E-state index is 0.290. The molecule has 1 aromatic carbocycles. The Morgan fingerprint density at radius 3 is 2.83 bits per heavy atom. The van der Waals surface area contributed by atoms with E-state index in [1.807, 2.05) is 6.07 Å². The normalized spacial score (nSPS) is 9.56. The minimum atomic E-state index is -0.290. The molecule has 0 radical (unpaired) electrons. The van der Waals surface area contributed by atoms with E-state index in [0.29, 0.717) is 16.9 Å². The van der Waals surface area contributed by atoms with Gasteiger partial charge in [0.15, 0.2) is 0 Å². The molecule has 0 aliphatic heterocycles. The highest BCUT2D eigenvalue weighted by atomic mass is 79.9. The van der Waals surface area contributed by atoms with Crippen LogP contribution in [0.25, 0.3) is 0 Å². The number of halogens is 1. The third-order valence-corrected chi connectivity index (χ3v) is 2.69. The van der Waals surface area contributed by atoms with Gasteiger partial charge in [-0.1, -0.05) is 6.07 Å². The molecule has 1 aromatic heterocycles. The van der Waals surface area contributed by atoms with Gasteiger partial charge in [-0.3, -0.25) is 4.79 Å². The van der Waals surface area contributed by atoms with Gasteiger partial charge in [0.1, 0.15) is 5.82 Å². The summed E-state index contributed by atoms with van der Waals surface area (Å²) in [6, 6.07) is 12.0. The van der Waals surface area contributed by atoms with Crippen LogP contribution in [0.1, 0.15) is 15.9 Å². The van der Waals surface area contributed by atoms with Crippen molar-refractivity contribution in [3.8, 4) is 6.07 Å². The fourth-order valence-corrected chi connectivity index (χ4v) is 1.60. The molecule has 2 aromatic rings. The summed E-state index contributed by atoms with van der Waals surface area (Å²) in [5, 5.41) is 11.4. The summed E-state index contributed by atoms with van der Waals surface area (Å²) in [5.74, 6) is 0.174. The van der Waals surface area contributed by atoms with Gasteiger partial charge in [-0.2, -0.15) is 5.26 Å². The molecular weight excluding hydrogens is 294 g/mol. The Bertz CT molecular complexity index is 617. The fraction of sp³-hybridized carbons (Fsp3) is 0. The van der Waals surface area contributed by atoms with E-state index < -0.39 is 0 Å². The molecule has 0 bridgehead atoms. The largest absolute Gasteiger partial charge is 0.307 e. The molecule has 1 heterocycles. The highest BCUT2D eigenvalue weighted by Crippen LogP contribution is 2.12. The number of pyridine rings is 1.